The lowest BCUT2D eigenvalue weighted by atomic mass is 10.2. The van der Waals surface area contributed by atoms with Gasteiger partial charge in [-0.1, -0.05) is 6.58 Å². The third-order valence-corrected chi connectivity index (χ3v) is 2.16. The Labute approximate surface area is 120 Å². The van der Waals surface area contributed by atoms with E-state index in [1.807, 2.05) is 0 Å². The van der Waals surface area contributed by atoms with Crippen LogP contribution in [0, 0.1) is 29.1 Å². The molecule has 0 heterocycles. The number of rotatable bonds is 5. The van der Waals surface area contributed by atoms with Crippen LogP contribution in [0.3, 0.4) is 0 Å². The highest BCUT2D eigenvalue weighted by Crippen LogP contribution is 2.27. The molecule has 1 N–H and O–H groups in total. The Balaban J connectivity index is 2.69. The third kappa shape index (κ3) is 3.93. The number of hydrogen-bond donors (Lipinski definition) is 1. The fraction of sp³-hybridized carbons (Fsp3) is 0.167. The average molecular weight is 325 g/mol. The summed E-state index contributed by atoms with van der Waals surface area (Å²) >= 11 is 0. The average Bonchev–Trinajstić information content (AvgIpc) is 2.51. The van der Waals surface area contributed by atoms with Crippen LogP contribution >= 0.6 is 0 Å². The Hall–Kier alpha value is -2.65. The molecule has 120 valence electrons. The number of carbonyl (C=O) groups excluding carboxylic acids is 2. The Morgan fingerprint density at radius 1 is 0.909 bits per heavy atom. The zero-order valence-electron chi connectivity index (χ0n) is 10.7. The van der Waals surface area contributed by atoms with Crippen LogP contribution in [0.2, 0.25) is 0 Å². The molecule has 0 aliphatic carbocycles. The second kappa shape index (κ2) is 7.38. The number of hydrogen-bond acceptors (Lipinski definition) is 4. The molecule has 1 rings (SSSR count). The van der Waals surface area contributed by atoms with Crippen LogP contribution in [0.4, 0.5) is 32.4 Å². The van der Waals surface area contributed by atoms with Crippen LogP contribution in [-0.4, -0.2) is 25.3 Å². The van der Waals surface area contributed by atoms with Crippen molar-refractivity contribution < 1.29 is 41.0 Å². The largest absolute Gasteiger partial charge is 0.459 e. The molecule has 0 saturated carbocycles. The predicted molar refractivity (Wildman–Crippen MR) is 62.4 cm³/mol. The molecule has 5 nitrogen and oxygen atoms in total. The van der Waals surface area contributed by atoms with Crippen molar-refractivity contribution in [3.8, 4) is 0 Å². The Morgan fingerprint density at radius 2 is 1.36 bits per heavy atom. The number of halogens is 5. The zero-order valence-corrected chi connectivity index (χ0v) is 10.7. The molecule has 1 aromatic carbocycles. The van der Waals surface area contributed by atoms with Crippen molar-refractivity contribution in [1.29, 1.82) is 0 Å². The summed E-state index contributed by atoms with van der Waals surface area (Å²) in [5.41, 5.74) is -1.55. The number of esters is 1. The van der Waals surface area contributed by atoms with Gasteiger partial charge in [-0.25, -0.2) is 31.5 Å². The first-order valence-corrected chi connectivity index (χ1v) is 5.54. The fourth-order valence-corrected chi connectivity index (χ4v) is 1.19. The van der Waals surface area contributed by atoms with Gasteiger partial charge in [-0.3, -0.25) is 5.32 Å². The lowest BCUT2D eigenvalue weighted by Crippen LogP contribution is -2.20. The molecular weight excluding hydrogens is 317 g/mol. The normalized spacial score (nSPS) is 10.0. The van der Waals surface area contributed by atoms with Crippen molar-refractivity contribution in [2.45, 2.75) is 0 Å². The number of anilines is 1. The summed E-state index contributed by atoms with van der Waals surface area (Å²) < 4.78 is 73.7. The van der Waals surface area contributed by atoms with E-state index < -0.39 is 60.0 Å². The zero-order chi connectivity index (χ0) is 16.9. The maximum Gasteiger partial charge on any atom is 0.411 e. The molecular formula is C12H8F5NO4. The van der Waals surface area contributed by atoms with Gasteiger partial charge in [0.15, 0.2) is 23.3 Å². The summed E-state index contributed by atoms with van der Waals surface area (Å²) in [6, 6.07) is 0. The van der Waals surface area contributed by atoms with Gasteiger partial charge in [0.1, 0.15) is 18.9 Å². The Morgan fingerprint density at radius 3 is 1.86 bits per heavy atom. The SMILES string of the molecule is C=CC(=O)OCCOC(=O)Nc1c(F)c(F)c(F)c(F)c1F. The Bertz CT molecular complexity index is 591. The van der Waals surface area contributed by atoms with E-state index in [4.69, 9.17) is 0 Å². The predicted octanol–water partition coefficient (Wildman–Crippen LogP) is 2.66. The molecule has 0 aliphatic rings. The summed E-state index contributed by atoms with van der Waals surface area (Å²) in [6.45, 7) is 2.19. The van der Waals surface area contributed by atoms with Gasteiger partial charge < -0.3 is 9.47 Å². The highest BCUT2D eigenvalue weighted by Gasteiger charge is 2.27. The van der Waals surface area contributed by atoms with Gasteiger partial charge in [0.05, 0.1) is 0 Å². The highest BCUT2D eigenvalue weighted by molar-refractivity contribution is 5.85. The van der Waals surface area contributed by atoms with Crippen LogP contribution in [0.5, 0.6) is 0 Å². The van der Waals surface area contributed by atoms with Gasteiger partial charge in [0.2, 0.25) is 5.82 Å². The van der Waals surface area contributed by atoms with Gasteiger partial charge in [-0.05, 0) is 0 Å². The number of benzene rings is 1. The lowest BCUT2D eigenvalue weighted by molar-refractivity contribution is -0.138. The van der Waals surface area contributed by atoms with Gasteiger partial charge in [-0.15, -0.1) is 0 Å². The van der Waals surface area contributed by atoms with E-state index in [9.17, 15) is 31.5 Å². The summed E-state index contributed by atoms with van der Waals surface area (Å²) in [5.74, 6) is -12.0. The molecule has 0 aliphatic heterocycles. The fourth-order valence-electron chi connectivity index (χ4n) is 1.19. The maximum absolute atomic E-state index is 13.2. The van der Waals surface area contributed by atoms with Crippen molar-refractivity contribution >= 4 is 17.7 Å². The van der Waals surface area contributed by atoms with Gasteiger partial charge >= 0.3 is 12.1 Å². The number of carbonyl (C=O) groups is 2. The highest BCUT2D eigenvalue weighted by atomic mass is 19.2. The lowest BCUT2D eigenvalue weighted by Gasteiger charge is -2.10. The molecule has 0 unspecified atom stereocenters. The first-order chi connectivity index (χ1) is 10.3. The molecule has 0 atom stereocenters. The quantitative estimate of drug-likeness (QED) is 0.226. The Kier molecular flexibility index (Phi) is 5.84. The van der Waals surface area contributed by atoms with Crippen LogP contribution in [0.25, 0.3) is 0 Å². The second-order valence-corrected chi connectivity index (χ2v) is 3.58. The van der Waals surface area contributed by atoms with E-state index in [0.717, 1.165) is 6.08 Å². The summed E-state index contributed by atoms with van der Waals surface area (Å²) in [6.07, 6.45) is -0.660. The molecule has 0 radical (unpaired) electrons. The molecule has 0 saturated heterocycles. The minimum absolute atomic E-state index is 0.393. The molecule has 0 aromatic heterocycles. The van der Waals surface area contributed by atoms with Crippen molar-refractivity contribution in [2.24, 2.45) is 0 Å². The van der Waals surface area contributed by atoms with Crippen molar-refractivity contribution in [1.82, 2.24) is 0 Å². The van der Waals surface area contributed by atoms with Gasteiger partial charge in [0, 0.05) is 6.08 Å². The molecule has 22 heavy (non-hydrogen) atoms. The summed E-state index contributed by atoms with van der Waals surface area (Å²) in [4.78, 5) is 21.8. The smallest absolute Gasteiger partial charge is 0.411 e. The summed E-state index contributed by atoms with van der Waals surface area (Å²) in [5, 5.41) is 1.37. The number of amides is 1. The number of nitrogens with one attached hydrogen (secondary N) is 1. The molecule has 1 amide bonds. The van der Waals surface area contributed by atoms with Crippen LogP contribution in [-0.2, 0) is 14.3 Å². The van der Waals surface area contributed by atoms with E-state index >= 15 is 0 Å². The minimum Gasteiger partial charge on any atom is -0.459 e. The van der Waals surface area contributed by atoms with E-state index in [2.05, 4.69) is 16.1 Å². The van der Waals surface area contributed by atoms with Crippen LogP contribution < -0.4 is 5.32 Å². The first kappa shape index (κ1) is 17.4. The molecule has 0 bridgehead atoms. The third-order valence-electron chi connectivity index (χ3n) is 2.16. The van der Waals surface area contributed by atoms with Crippen LogP contribution in [0.1, 0.15) is 0 Å². The van der Waals surface area contributed by atoms with Crippen LogP contribution in [0.15, 0.2) is 12.7 Å². The molecule has 1 aromatic rings. The topological polar surface area (TPSA) is 64.6 Å². The number of ether oxygens (including phenoxy) is 2. The molecule has 0 fully saturated rings. The van der Waals surface area contributed by atoms with E-state index in [-0.39, 0.29) is 0 Å². The van der Waals surface area contributed by atoms with Gasteiger partial charge in [0.25, 0.3) is 0 Å². The first-order valence-electron chi connectivity index (χ1n) is 5.54. The van der Waals surface area contributed by atoms with E-state index in [1.54, 1.807) is 0 Å². The van der Waals surface area contributed by atoms with Gasteiger partial charge in [-0.2, -0.15) is 0 Å². The standard InChI is InChI=1S/C12H8F5NO4/c1-2-5(19)21-3-4-22-12(20)18-11-9(16)7(14)6(13)8(15)10(11)17/h2H,1,3-4H2,(H,18,20). The van der Waals surface area contributed by atoms with Crippen molar-refractivity contribution in [3.05, 3.63) is 41.7 Å². The van der Waals surface area contributed by atoms with E-state index in [0.29, 0.717) is 0 Å². The molecule has 0 spiro atoms. The minimum atomic E-state index is -2.36. The van der Waals surface area contributed by atoms with Crippen molar-refractivity contribution in [2.75, 3.05) is 18.5 Å². The maximum atomic E-state index is 13.2. The second-order valence-electron chi connectivity index (χ2n) is 3.58. The molecule has 10 heteroatoms. The van der Waals surface area contributed by atoms with Crippen molar-refractivity contribution in [3.63, 3.8) is 0 Å². The van der Waals surface area contributed by atoms with E-state index in [1.165, 1.54) is 5.32 Å². The monoisotopic (exact) mass is 325 g/mol. The summed E-state index contributed by atoms with van der Waals surface area (Å²) in [7, 11) is 0.